The summed E-state index contributed by atoms with van der Waals surface area (Å²) < 4.78 is 48.0. The summed E-state index contributed by atoms with van der Waals surface area (Å²) in [4.78, 5) is 25.6. The Morgan fingerprint density at radius 3 is 2.22 bits per heavy atom. The van der Waals surface area contributed by atoms with Crippen molar-refractivity contribution in [2.24, 2.45) is 0 Å². The highest BCUT2D eigenvalue weighted by atomic mass is 19.4. The van der Waals surface area contributed by atoms with Crippen LogP contribution in [0.5, 0.6) is 0 Å². The van der Waals surface area contributed by atoms with Crippen molar-refractivity contribution in [3.05, 3.63) is 47.2 Å². The molecule has 0 unspecified atom stereocenters. The molecular formula is C19H22F3NO4. The summed E-state index contributed by atoms with van der Waals surface area (Å²) in [5, 5.41) is 0. The van der Waals surface area contributed by atoms with Crippen molar-refractivity contribution in [3.8, 4) is 0 Å². The molecule has 0 saturated heterocycles. The molecule has 0 N–H and O–H groups in total. The summed E-state index contributed by atoms with van der Waals surface area (Å²) in [6.45, 7) is 5.13. The van der Waals surface area contributed by atoms with Crippen molar-refractivity contribution >= 4 is 12.1 Å². The number of benzene rings is 1. The average Bonchev–Trinajstić information content (AvgIpc) is 2.96. The number of ether oxygens (including phenoxy) is 2. The monoisotopic (exact) mass is 385 g/mol. The van der Waals surface area contributed by atoms with Crippen molar-refractivity contribution < 1.29 is 32.2 Å². The number of rotatable bonds is 3. The van der Waals surface area contributed by atoms with E-state index in [4.69, 9.17) is 9.47 Å². The summed E-state index contributed by atoms with van der Waals surface area (Å²) in [6, 6.07) is 3.93. The molecule has 1 aromatic carbocycles. The lowest BCUT2D eigenvalue weighted by Crippen LogP contribution is -2.42. The molecule has 8 heteroatoms. The Morgan fingerprint density at radius 1 is 1.15 bits per heavy atom. The summed E-state index contributed by atoms with van der Waals surface area (Å²) in [7, 11) is 1.23. The molecule has 0 bridgehead atoms. The normalized spacial score (nSPS) is 17.5. The van der Waals surface area contributed by atoms with Gasteiger partial charge in [-0.25, -0.2) is 9.59 Å². The van der Waals surface area contributed by atoms with Crippen LogP contribution in [0.1, 0.15) is 38.3 Å². The molecule has 0 spiro atoms. The molecule has 0 fully saturated rings. The molecule has 0 aromatic heterocycles. The van der Waals surface area contributed by atoms with Gasteiger partial charge < -0.3 is 9.47 Å². The molecule has 1 aliphatic heterocycles. The van der Waals surface area contributed by atoms with E-state index in [-0.39, 0.29) is 6.42 Å². The second-order valence-electron chi connectivity index (χ2n) is 7.29. The lowest BCUT2D eigenvalue weighted by Gasteiger charge is -2.26. The van der Waals surface area contributed by atoms with Crippen LogP contribution >= 0.6 is 0 Å². The third kappa shape index (κ3) is 5.48. The average molecular weight is 385 g/mol. The van der Waals surface area contributed by atoms with Gasteiger partial charge in [0, 0.05) is 12.6 Å². The second-order valence-corrected chi connectivity index (χ2v) is 7.29. The number of hydrogen-bond acceptors (Lipinski definition) is 4. The highest BCUT2D eigenvalue weighted by molar-refractivity contribution is 5.83. The van der Waals surface area contributed by atoms with Gasteiger partial charge in [-0.15, -0.1) is 0 Å². The van der Waals surface area contributed by atoms with Gasteiger partial charge in [-0.3, -0.25) is 4.90 Å². The zero-order valence-electron chi connectivity index (χ0n) is 15.6. The second kappa shape index (κ2) is 7.62. The molecule has 1 aromatic rings. The molecule has 1 heterocycles. The van der Waals surface area contributed by atoms with Gasteiger partial charge in [0.25, 0.3) is 0 Å². The molecule has 0 aliphatic carbocycles. The predicted molar refractivity (Wildman–Crippen MR) is 91.7 cm³/mol. The minimum atomic E-state index is -4.39. The largest absolute Gasteiger partial charge is 0.467 e. The third-order valence-electron chi connectivity index (χ3n) is 3.90. The number of hydrogen-bond donors (Lipinski definition) is 0. The van der Waals surface area contributed by atoms with Crippen molar-refractivity contribution in [2.75, 3.05) is 7.11 Å². The van der Waals surface area contributed by atoms with Gasteiger partial charge in [0.05, 0.1) is 12.7 Å². The molecule has 2 rings (SSSR count). The van der Waals surface area contributed by atoms with Gasteiger partial charge in [0.2, 0.25) is 0 Å². The van der Waals surface area contributed by atoms with E-state index in [0.717, 1.165) is 17.7 Å². The van der Waals surface area contributed by atoms with Crippen LogP contribution in [-0.2, 0) is 26.9 Å². The predicted octanol–water partition coefficient (Wildman–Crippen LogP) is 4.31. The van der Waals surface area contributed by atoms with E-state index >= 15 is 0 Å². The van der Waals surface area contributed by atoms with Crippen molar-refractivity contribution in [1.29, 1.82) is 0 Å². The fraction of sp³-hybridized carbons (Fsp3) is 0.474. The quantitative estimate of drug-likeness (QED) is 0.728. The number of nitrogens with zero attached hydrogens (tertiary/aromatic N) is 1. The molecule has 148 valence electrons. The molecule has 1 atom stereocenters. The lowest BCUT2D eigenvalue weighted by molar-refractivity contribution is -0.145. The smallest absolute Gasteiger partial charge is 0.416 e. The van der Waals surface area contributed by atoms with Crippen LogP contribution in [-0.4, -0.2) is 35.7 Å². The maximum absolute atomic E-state index is 12.7. The Labute approximate surface area is 155 Å². The van der Waals surface area contributed by atoms with Gasteiger partial charge in [0.1, 0.15) is 11.6 Å². The molecule has 0 saturated carbocycles. The summed E-state index contributed by atoms with van der Waals surface area (Å²) >= 11 is 0. The maximum atomic E-state index is 12.7. The number of alkyl halides is 3. The Hall–Kier alpha value is -2.51. The van der Waals surface area contributed by atoms with Crippen LogP contribution in [0.3, 0.4) is 0 Å². The van der Waals surface area contributed by atoms with Crippen molar-refractivity contribution in [1.82, 2.24) is 4.90 Å². The third-order valence-corrected chi connectivity index (χ3v) is 3.90. The Kier molecular flexibility index (Phi) is 5.87. The number of esters is 1. The standard InChI is InChI=1S/C19H22F3NO4/c1-18(2,3)27-17(25)23-11-13(10-15(23)16(24)26-4)9-12-5-7-14(8-6-12)19(20,21)22/h5-8,11,15H,9-10H2,1-4H3/t15-/m0/s1. The van der Waals surface area contributed by atoms with Gasteiger partial charge in [-0.2, -0.15) is 13.2 Å². The zero-order chi connectivity index (χ0) is 20.4. The fourth-order valence-corrected chi connectivity index (χ4v) is 2.71. The van der Waals surface area contributed by atoms with Crippen molar-refractivity contribution in [3.63, 3.8) is 0 Å². The molecule has 0 radical (unpaired) electrons. The lowest BCUT2D eigenvalue weighted by atomic mass is 10.0. The van der Waals surface area contributed by atoms with E-state index in [1.807, 2.05) is 0 Å². The summed E-state index contributed by atoms with van der Waals surface area (Å²) in [5.74, 6) is -0.584. The van der Waals surface area contributed by atoms with Crippen LogP contribution in [0.4, 0.5) is 18.0 Å². The molecule has 5 nitrogen and oxygen atoms in total. The first-order chi connectivity index (χ1) is 12.4. The minimum Gasteiger partial charge on any atom is -0.467 e. The van der Waals surface area contributed by atoms with Gasteiger partial charge >= 0.3 is 18.2 Å². The highest BCUT2D eigenvalue weighted by Gasteiger charge is 2.37. The van der Waals surface area contributed by atoms with Crippen molar-refractivity contribution in [2.45, 2.75) is 51.4 Å². The van der Waals surface area contributed by atoms with Gasteiger partial charge in [-0.1, -0.05) is 12.1 Å². The molecular weight excluding hydrogens is 363 g/mol. The van der Waals surface area contributed by atoms with E-state index in [0.29, 0.717) is 12.0 Å². The Morgan fingerprint density at radius 2 is 1.74 bits per heavy atom. The molecule has 27 heavy (non-hydrogen) atoms. The summed E-state index contributed by atoms with van der Waals surface area (Å²) in [5.41, 5.74) is -0.101. The number of carbonyl (C=O) groups excluding carboxylic acids is 2. The number of amides is 1. The number of halogens is 3. The zero-order valence-corrected chi connectivity index (χ0v) is 15.6. The van der Waals surface area contributed by atoms with E-state index < -0.39 is 35.4 Å². The number of carbonyl (C=O) groups is 2. The topological polar surface area (TPSA) is 55.8 Å². The van der Waals surface area contributed by atoms with E-state index in [9.17, 15) is 22.8 Å². The first kappa shape index (κ1) is 20.8. The molecule has 1 amide bonds. The SMILES string of the molecule is COC(=O)[C@@H]1CC(Cc2ccc(C(F)(F)F)cc2)=CN1C(=O)OC(C)(C)C. The van der Waals surface area contributed by atoms with E-state index in [2.05, 4.69) is 0 Å². The number of methoxy groups -OCH3 is 1. The maximum Gasteiger partial charge on any atom is 0.416 e. The Balaban J connectivity index is 2.17. The van der Waals surface area contributed by atoms with E-state index in [1.54, 1.807) is 20.8 Å². The van der Waals surface area contributed by atoms with Crippen LogP contribution in [0, 0.1) is 0 Å². The van der Waals surface area contributed by atoms with Crippen LogP contribution < -0.4 is 0 Å². The van der Waals surface area contributed by atoms with Crippen LogP contribution in [0.25, 0.3) is 0 Å². The molecule has 1 aliphatic rings. The summed E-state index contributed by atoms with van der Waals surface area (Å²) in [6.07, 6.45) is -3.03. The first-order valence-corrected chi connectivity index (χ1v) is 8.35. The van der Waals surface area contributed by atoms with Crippen LogP contribution in [0.15, 0.2) is 36.0 Å². The van der Waals surface area contributed by atoms with E-state index in [1.165, 1.54) is 30.3 Å². The van der Waals surface area contributed by atoms with Gasteiger partial charge in [-0.05, 0) is 50.5 Å². The highest BCUT2D eigenvalue weighted by Crippen LogP contribution is 2.31. The first-order valence-electron chi connectivity index (χ1n) is 8.35. The minimum absolute atomic E-state index is 0.229. The Bertz CT molecular complexity index is 733. The van der Waals surface area contributed by atoms with Gasteiger partial charge in [0.15, 0.2) is 0 Å². The van der Waals surface area contributed by atoms with Crippen LogP contribution in [0.2, 0.25) is 0 Å². The fourth-order valence-electron chi connectivity index (χ4n) is 2.71.